The lowest BCUT2D eigenvalue weighted by atomic mass is 10.3. The first-order chi connectivity index (χ1) is 4.29. The van der Waals surface area contributed by atoms with Crippen molar-refractivity contribution in [2.75, 3.05) is 6.61 Å². The highest BCUT2D eigenvalue weighted by Gasteiger charge is 2.74. The molecule has 0 radical (unpaired) electrons. The molecule has 0 spiro atoms. The summed E-state index contributed by atoms with van der Waals surface area (Å²) in [4.78, 5) is 14.0. The molecule has 2 fully saturated rings. The van der Waals surface area contributed by atoms with Crippen LogP contribution in [0.15, 0.2) is 0 Å². The average Bonchev–Trinajstić information content (AvgIpc) is 2.52. The molecule has 3 nitrogen and oxygen atoms in total. The highest BCUT2D eigenvalue weighted by Crippen LogP contribution is 2.52. The Morgan fingerprint density at radius 1 is 1.89 bits per heavy atom. The molecular weight excluding hydrogens is 118 g/mol. The predicted molar refractivity (Wildman–Crippen MR) is 28.4 cm³/mol. The van der Waals surface area contributed by atoms with E-state index in [9.17, 15) is 4.79 Å². The minimum Gasteiger partial charge on any atom is -0.459 e. The van der Waals surface area contributed by atoms with Crippen molar-refractivity contribution >= 4 is 5.97 Å². The number of ether oxygens (including phenoxy) is 1. The monoisotopic (exact) mass is 123 g/mol. The van der Waals surface area contributed by atoms with Crippen LogP contribution in [0.2, 0.25) is 0 Å². The number of rotatable bonds is 0. The van der Waals surface area contributed by atoms with Crippen molar-refractivity contribution in [1.29, 1.82) is 0 Å². The summed E-state index contributed by atoms with van der Waals surface area (Å²) in [5.41, 5.74) is -0.708. The van der Waals surface area contributed by atoms with Crippen molar-refractivity contribution in [2.45, 2.75) is 12.0 Å². The number of hydrogen-bond acceptors (Lipinski definition) is 2. The molecule has 0 amide bonds. The maximum absolute atomic E-state index is 10.7. The van der Waals surface area contributed by atoms with Crippen LogP contribution in [0, 0.1) is 12.5 Å². The second kappa shape index (κ2) is 1.10. The lowest BCUT2D eigenvalue weighted by molar-refractivity contribution is -0.140. The molecule has 3 heteroatoms. The Labute approximate surface area is 52.4 Å². The molecule has 1 aliphatic heterocycles. The van der Waals surface area contributed by atoms with Gasteiger partial charge in [0.25, 0.3) is 0 Å². The molecule has 1 saturated heterocycles. The maximum atomic E-state index is 10.7. The molecule has 0 N–H and O–H groups in total. The zero-order valence-corrected chi connectivity index (χ0v) is 4.76. The van der Waals surface area contributed by atoms with Gasteiger partial charge in [-0.2, -0.15) is 0 Å². The van der Waals surface area contributed by atoms with Gasteiger partial charge in [-0.05, 0) is 0 Å². The van der Waals surface area contributed by atoms with Gasteiger partial charge in [0.2, 0.25) is 0 Å². The fourth-order valence-electron chi connectivity index (χ4n) is 1.25. The third-order valence-corrected chi connectivity index (χ3v) is 2.04. The fraction of sp³-hybridized carbons (Fsp3) is 0.667. The first kappa shape index (κ1) is 4.80. The van der Waals surface area contributed by atoms with Crippen LogP contribution in [0.1, 0.15) is 6.42 Å². The number of fused-ring (bicyclic) bond motifs is 1. The van der Waals surface area contributed by atoms with Crippen LogP contribution in [0.25, 0.3) is 4.85 Å². The number of carbonyl (C=O) groups is 1. The molecule has 9 heavy (non-hydrogen) atoms. The van der Waals surface area contributed by atoms with Gasteiger partial charge in [-0.1, -0.05) is 0 Å². The minimum absolute atomic E-state index is 0.225. The van der Waals surface area contributed by atoms with E-state index >= 15 is 0 Å². The standard InChI is InChI=1S/C6H5NO2/c1-7-6-2-4(6)3-9-5(6)8/h4H,2-3H2. The van der Waals surface area contributed by atoms with E-state index in [2.05, 4.69) is 9.58 Å². The topological polar surface area (TPSA) is 30.7 Å². The van der Waals surface area contributed by atoms with Crippen LogP contribution in [0.5, 0.6) is 0 Å². The SMILES string of the molecule is [C-]#[N+]C12CC1COC2=O. The molecule has 2 unspecified atom stereocenters. The van der Waals surface area contributed by atoms with E-state index in [1.54, 1.807) is 0 Å². The summed E-state index contributed by atoms with van der Waals surface area (Å²) in [6.07, 6.45) is 0.731. The molecule has 0 aromatic heterocycles. The smallest absolute Gasteiger partial charge is 0.393 e. The first-order valence-corrected chi connectivity index (χ1v) is 2.85. The molecule has 2 aliphatic rings. The Bertz CT molecular complexity index is 218. The molecule has 0 aromatic rings. The van der Waals surface area contributed by atoms with E-state index in [1.165, 1.54) is 0 Å². The quantitative estimate of drug-likeness (QED) is 0.341. The molecule has 1 heterocycles. The van der Waals surface area contributed by atoms with Crippen LogP contribution in [-0.2, 0) is 9.53 Å². The van der Waals surface area contributed by atoms with Crippen molar-refractivity contribution in [3.63, 3.8) is 0 Å². The van der Waals surface area contributed by atoms with E-state index in [0.717, 1.165) is 6.42 Å². The van der Waals surface area contributed by atoms with Crippen LogP contribution >= 0.6 is 0 Å². The van der Waals surface area contributed by atoms with Crippen LogP contribution in [0.4, 0.5) is 0 Å². The predicted octanol–water partition coefficient (Wildman–Crippen LogP) is 0.221. The summed E-state index contributed by atoms with van der Waals surface area (Å²) in [6, 6.07) is 0. The Balaban J connectivity index is 2.36. The van der Waals surface area contributed by atoms with Crippen molar-refractivity contribution < 1.29 is 9.53 Å². The second-order valence-corrected chi connectivity index (χ2v) is 2.54. The fourth-order valence-corrected chi connectivity index (χ4v) is 1.25. The molecule has 0 aromatic carbocycles. The summed E-state index contributed by atoms with van der Waals surface area (Å²) in [7, 11) is 0. The third-order valence-electron chi connectivity index (χ3n) is 2.04. The number of nitrogens with zero attached hydrogens (tertiary/aromatic N) is 1. The van der Waals surface area contributed by atoms with Gasteiger partial charge in [-0.15, -0.1) is 0 Å². The normalized spacial score (nSPS) is 45.2. The van der Waals surface area contributed by atoms with Gasteiger partial charge in [0, 0.05) is 0 Å². The second-order valence-electron chi connectivity index (χ2n) is 2.54. The average molecular weight is 123 g/mol. The Hall–Kier alpha value is -1.04. The van der Waals surface area contributed by atoms with Crippen molar-refractivity contribution in [2.24, 2.45) is 5.92 Å². The molecule has 1 saturated carbocycles. The van der Waals surface area contributed by atoms with E-state index in [4.69, 9.17) is 6.57 Å². The number of carbonyl (C=O) groups excluding carboxylic acids is 1. The van der Waals surface area contributed by atoms with Crippen LogP contribution in [0.3, 0.4) is 0 Å². The first-order valence-electron chi connectivity index (χ1n) is 2.85. The van der Waals surface area contributed by atoms with Gasteiger partial charge < -0.3 is 4.74 Å². The lowest BCUT2D eigenvalue weighted by Crippen LogP contribution is -2.15. The number of hydrogen-bond donors (Lipinski definition) is 0. The highest BCUT2D eigenvalue weighted by molar-refractivity contribution is 5.89. The maximum Gasteiger partial charge on any atom is 0.393 e. The van der Waals surface area contributed by atoms with E-state index in [-0.39, 0.29) is 11.9 Å². The van der Waals surface area contributed by atoms with Crippen LogP contribution in [-0.4, -0.2) is 18.1 Å². The largest absolute Gasteiger partial charge is 0.459 e. The molecule has 2 atom stereocenters. The van der Waals surface area contributed by atoms with E-state index in [0.29, 0.717) is 6.61 Å². The molecule has 0 bridgehead atoms. The number of cyclic esters (lactones) is 1. The van der Waals surface area contributed by atoms with Gasteiger partial charge in [0.05, 0.1) is 12.3 Å². The van der Waals surface area contributed by atoms with E-state index in [1.807, 2.05) is 0 Å². The zero-order valence-electron chi connectivity index (χ0n) is 4.76. The number of esters is 1. The van der Waals surface area contributed by atoms with Gasteiger partial charge in [-0.3, -0.25) is 4.85 Å². The summed E-state index contributed by atoms with van der Waals surface area (Å²) in [6.45, 7) is 7.17. The summed E-state index contributed by atoms with van der Waals surface area (Å²) in [5, 5.41) is 0. The van der Waals surface area contributed by atoms with Crippen LogP contribution < -0.4 is 0 Å². The molecule has 2 rings (SSSR count). The Morgan fingerprint density at radius 2 is 2.67 bits per heavy atom. The molecule has 46 valence electrons. The third kappa shape index (κ3) is 0.355. The summed E-state index contributed by atoms with van der Waals surface area (Å²) < 4.78 is 4.66. The minimum atomic E-state index is -0.708. The van der Waals surface area contributed by atoms with Crippen molar-refractivity contribution in [3.05, 3.63) is 11.4 Å². The zero-order chi connectivity index (χ0) is 6.48. The highest BCUT2D eigenvalue weighted by atomic mass is 16.5. The molecule has 1 aliphatic carbocycles. The van der Waals surface area contributed by atoms with Crippen molar-refractivity contribution in [1.82, 2.24) is 0 Å². The van der Waals surface area contributed by atoms with Gasteiger partial charge >= 0.3 is 11.5 Å². The summed E-state index contributed by atoms with van der Waals surface area (Å²) >= 11 is 0. The molecular formula is C6H5NO2. The van der Waals surface area contributed by atoms with Gasteiger partial charge in [0.1, 0.15) is 6.61 Å². The lowest BCUT2D eigenvalue weighted by Gasteiger charge is -1.91. The van der Waals surface area contributed by atoms with Gasteiger partial charge in [-0.25, -0.2) is 11.4 Å². The Morgan fingerprint density at radius 3 is 2.89 bits per heavy atom. The van der Waals surface area contributed by atoms with Crippen molar-refractivity contribution in [3.8, 4) is 0 Å². The van der Waals surface area contributed by atoms with E-state index < -0.39 is 5.54 Å². The summed E-state index contributed by atoms with van der Waals surface area (Å²) in [5.74, 6) is -0.0787. The van der Waals surface area contributed by atoms with Gasteiger partial charge in [0.15, 0.2) is 0 Å². The Kier molecular flexibility index (Phi) is 0.590.